The average molecular weight is 707 g/mol. The Morgan fingerprint density at radius 2 is 0.714 bits per heavy atom. The van der Waals surface area contributed by atoms with Crippen molar-refractivity contribution >= 4 is 53.9 Å². The zero-order valence-corrected chi connectivity index (χ0v) is 30.6. The highest BCUT2D eigenvalue weighted by molar-refractivity contribution is 6.33. The summed E-state index contributed by atoms with van der Waals surface area (Å²) in [6.45, 7) is 0. The summed E-state index contributed by atoms with van der Waals surface area (Å²) in [5.74, 6) is 0. The van der Waals surface area contributed by atoms with Crippen LogP contribution < -0.4 is 0 Å². The molecule has 0 saturated carbocycles. The average Bonchev–Trinajstić information content (AvgIpc) is 3.60. The van der Waals surface area contributed by atoms with Crippen molar-refractivity contribution < 1.29 is 0 Å². The number of rotatable bonds is 4. The van der Waals surface area contributed by atoms with E-state index in [1.807, 2.05) is 0 Å². The van der Waals surface area contributed by atoms with Gasteiger partial charge in [-0.3, -0.25) is 0 Å². The summed E-state index contributed by atoms with van der Waals surface area (Å²) in [6, 6.07) is 76.5. The summed E-state index contributed by atoms with van der Waals surface area (Å²) in [7, 11) is 0. The van der Waals surface area contributed by atoms with Gasteiger partial charge in [0.1, 0.15) is 0 Å². The van der Waals surface area contributed by atoms with Gasteiger partial charge in [-0.1, -0.05) is 188 Å². The van der Waals surface area contributed by atoms with Crippen LogP contribution in [0.4, 0.5) is 0 Å². The van der Waals surface area contributed by atoms with Gasteiger partial charge in [-0.25, -0.2) is 0 Å². The van der Waals surface area contributed by atoms with Crippen molar-refractivity contribution in [1.29, 1.82) is 0 Å². The molecule has 0 nitrogen and oxygen atoms in total. The molecule has 1 aliphatic carbocycles. The fourth-order valence-corrected chi connectivity index (χ4v) is 9.79. The normalized spacial score (nSPS) is 11.9. The van der Waals surface area contributed by atoms with Crippen LogP contribution in [0.2, 0.25) is 0 Å². The smallest absolute Gasteiger partial charge is 0.000719 e. The van der Waals surface area contributed by atoms with Crippen LogP contribution in [0.25, 0.3) is 121 Å². The van der Waals surface area contributed by atoms with Crippen molar-refractivity contribution in [3.05, 3.63) is 206 Å². The van der Waals surface area contributed by atoms with Gasteiger partial charge in [-0.15, -0.1) is 0 Å². The molecule has 0 radical (unpaired) electrons. The number of hydrogen-bond donors (Lipinski definition) is 0. The Bertz CT molecular complexity index is 3370. The standard InChI is InChI=1S/C56H34/c1-4-16-35(17-5-1)39-30-31-45-50(32-39)53(38-21-8-3-9-22-38)55-46-29-15-28-44-49-33-47(41-27-14-23-36-18-10-11-24-40(36)41)42-25-12-13-26-43(42)48(49)34-51(54(44)46)56(55)52(45)37-19-6-2-7-20-37/h1-34H. The van der Waals surface area contributed by atoms with Crippen LogP contribution in [0.3, 0.4) is 0 Å². The number of benzene rings is 11. The molecule has 0 spiro atoms. The molecule has 0 heterocycles. The van der Waals surface area contributed by atoms with E-state index in [0.29, 0.717) is 0 Å². The van der Waals surface area contributed by atoms with Gasteiger partial charge in [-0.2, -0.15) is 0 Å². The molecule has 258 valence electrons. The van der Waals surface area contributed by atoms with E-state index in [4.69, 9.17) is 0 Å². The van der Waals surface area contributed by atoms with Crippen LogP contribution >= 0.6 is 0 Å². The van der Waals surface area contributed by atoms with Crippen LogP contribution in [0.15, 0.2) is 206 Å². The van der Waals surface area contributed by atoms with Crippen molar-refractivity contribution in [2.75, 3.05) is 0 Å². The van der Waals surface area contributed by atoms with Crippen LogP contribution in [-0.2, 0) is 0 Å². The highest BCUT2D eigenvalue weighted by Crippen LogP contribution is 2.59. The molecule has 0 unspecified atom stereocenters. The molecule has 0 aliphatic heterocycles. The molecule has 11 aromatic carbocycles. The quantitative estimate of drug-likeness (QED) is 0.160. The minimum absolute atomic E-state index is 1.22. The molecule has 0 saturated heterocycles. The molecule has 11 aromatic rings. The predicted octanol–water partition coefficient (Wildman–Crippen LogP) is 15.8. The predicted molar refractivity (Wildman–Crippen MR) is 240 cm³/mol. The van der Waals surface area contributed by atoms with Crippen LogP contribution in [-0.4, -0.2) is 0 Å². The second-order valence-corrected chi connectivity index (χ2v) is 15.1. The molecule has 1 aliphatic rings. The fourth-order valence-electron chi connectivity index (χ4n) is 9.79. The zero-order valence-electron chi connectivity index (χ0n) is 30.6. The third-order valence-corrected chi connectivity index (χ3v) is 12.2. The second-order valence-electron chi connectivity index (χ2n) is 15.1. The molecule has 0 atom stereocenters. The Morgan fingerprint density at radius 3 is 1.46 bits per heavy atom. The van der Waals surface area contributed by atoms with Gasteiger partial charge >= 0.3 is 0 Å². The Hall–Kier alpha value is -7.28. The summed E-state index contributed by atoms with van der Waals surface area (Å²) in [5.41, 5.74) is 15.3. The molecular weight excluding hydrogens is 673 g/mol. The van der Waals surface area contributed by atoms with Crippen LogP contribution in [0.5, 0.6) is 0 Å². The largest absolute Gasteiger partial charge is 0.0622 e. The van der Waals surface area contributed by atoms with Crippen molar-refractivity contribution in [1.82, 2.24) is 0 Å². The Kier molecular flexibility index (Phi) is 6.73. The summed E-state index contributed by atoms with van der Waals surface area (Å²) in [5, 5.41) is 12.8. The minimum atomic E-state index is 1.22. The summed E-state index contributed by atoms with van der Waals surface area (Å²) in [6.07, 6.45) is 0. The topological polar surface area (TPSA) is 0 Å². The van der Waals surface area contributed by atoms with Gasteiger partial charge in [0.2, 0.25) is 0 Å². The van der Waals surface area contributed by atoms with Crippen LogP contribution in [0.1, 0.15) is 0 Å². The SMILES string of the molecule is c1ccc(-c2ccc3c(-c4ccccc4)c4c(c(-c5ccccc5)c3c2)-c2cccc3c2c-4cc2c4ccccc4c(-c4cccc5ccccc45)cc32)cc1. The zero-order chi connectivity index (χ0) is 36.7. The maximum absolute atomic E-state index is 2.52. The number of hydrogen-bond acceptors (Lipinski definition) is 0. The Morgan fingerprint density at radius 1 is 0.196 bits per heavy atom. The van der Waals surface area contributed by atoms with E-state index in [0.717, 1.165) is 0 Å². The van der Waals surface area contributed by atoms with Crippen molar-refractivity contribution in [2.24, 2.45) is 0 Å². The van der Waals surface area contributed by atoms with Crippen molar-refractivity contribution in [2.45, 2.75) is 0 Å². The molecule has 0 N–H and O–H groups in total. The van der Waals surface area contributed by atoms with Gasteiger partial charge in [0, 0.05) is 0 Å². The van der Waals surface area contributed by atoms with Gasteiger partial charge < -0.3 is 0 Å². The van der Waals surface area contributed by atoms with Crippen LogP contribution in [0, 0.1) is 0 Å². The van der Waals surface area contributed by atoms with E-state index in [1.54, 1.807) is 0 Å². The lowest BCUT2D eigenvalue weighted by atomic mass is 9.81. The lowest BCUT2D eigenvalue weighted by molar-refractivity contribution is 1.61. The lowest BCUT2D eigenvalue weighted by Crippen LogP contribution is -1.94. The molecule has 0 bridgehead atoms. The van der Waals surface area contributed by atoms with E-state index < -0.39 is 0 Å². The van der Waals surface area contributed by atoms with Gasteiger partial charge in [0.15, 0.2) is 0 Å². The molecule has 0 fully saturated rings. The molecule has 0 amide bonds. The summed E-state index contributed by atoms with van der Waals surface area (Å²) in [4.78, 5) is 0. The Labute approximate surface area is 325 Å². The minimum Gasteiger partial charge on any atom is -0.0622 e. The Balaban J connectivity index is 1.26. The third-order valence-electron chi connectivity index (χ3n) is 12.2. The first-order chi connectivity index (χ1) is 27.8. The highest BCUT2D eigenvalue weighted by Gasteiger charge is 2.32. The summed E-state index contributed by atoms with van der Waals surface area (Å²) >= 11 is 0. The van der Waals surface area contributed by atoms with E-state index in [9.17, 15) is 0 Å². The van der Waals surface area contributed by atoms with E-state index in [2.05, 4.69) is 206 Å². The molecule has 0 aromatic heterocycles. The lowest BCUT2D eigenvalue weighted by Gasteiger charge is -2.21. The maximum atomic E-state index is 2.52. The number of fused-ring (bicyclic) bond motifs is 9. The van der Waals surface area contributed by atoms with E-state index in [-0.39, 0.29) is 0 Å². The van der Waals surface area contributed by atoms with E-state index in [1.165, 1.54) is 121 Å². The van der Waals surface area contributed by atoms with Gasteiger partial charge in [0.25, 0.3) is 0 Å². The fraction of sp³-hybridized carbons (Fsp3) is 0. The molecular formula is C56H34. The maximum Gasteiger partial charge on any atom is -0.000719 e. The third kappa shape index (κ3) is 4.48. The molecule has 0 heteroatoms. The monoisotopic (exact) mass is 706 g/mol. The molecule has 12 rings (SSSR count). The van der Waals surface area contributed by atoms with Crippen molar-refractivity contribution in [3.63, 3.8) is 0 Å². The first-order valence-corrected chi connectivity index (χ1v) is 19.5. The summed E-state index contributed by atoms with van der Waals surface area (Å²) < 4.78 is 0. The molecule has 56 heavy (non-hydrogen) atoms. The first-order valence-electron chi connectivity index (χ1n) is 19.5. The van der Waals surface area contributed by atoms with Gasteiger partial charge in [0.05, 0.1) is 0 Å². The second kappa shape index (κ2) is 12.1. The van der Waals surface area contributed by atoms with Gasteiger partial charge in [-0.05, 0) is 139 Å². The van der Waals surface area contributed by atoms with E-state index >= 15 is 0 Å². The van der Waals surface area contributed by atoms with Crippen molar-refractivity contribution in [3.8, 4) is 66.8 Å². The first kappa shape index (κ1) is 31.1. The highest BCUT2D eigenvalue weighted by atomic mass is 14.3.